The van der Waals surface area contributed by atoms with Gasteiger partial charge < -0.3 is 15.1 Å². The van der Waals surface area contributed by atoms with E-state index >= 15 is 0 Å². The molecule has 2 amide bonds. The van der Waals surface area contributed by atoms with Crippen LogP contribution in [0.4, 0.5) is 15.8 Å². The number of rotatable bonds is 4. The van der Waals surface area contributed by atoms with Crippen molar-refractivity contribution in [3.05, 3.63) is 59.4 Å². The molecule has 1 N–H and O–H groups in total. The third-order valence-electron chi connectivity index (χ3n) is 5.16. The van der Waals surface area contributed by atoms with Gasteiger partial charge in [-0.25, -0.2) is 4.39 Å². The van der Waals surface area contributed by atoms with Crippen LogP contribution in [0.3, 0.4) is 0 Å². The highest BCUT2D eigenvalue weighted by Crippen LogP contribution is 2.27. The first kappa shape index (κ1) is 19.9. The molecular weight excluding hydrogens is 357 g/mol. The van der Waals surface area contributed by atoms with Crippen molar-refractivity contribution in [3.8, 4) is 0 Å². The Kier molecular flexibility index (Phi) is 5.97. The molecule has 0 saturated carbocycles. The third-order valence-corrected chi connectivity index (χ3v) is 5.16. The van der Waals surface area contributed by atoms with Gasteiger partial charge >= 0.3 is 0 Å². The number of nitrogens with one attached hydrogen (secondary N) is 1. The number of carbonyl (C=O) groups is 2. The lowest BCUT2D eigenvalue weighted by Crippen LogP contribution is -2.38. The summed E-state index contributed by atoms with van der Waals surface area (Å²) in [4.78, 5) is 29.3. The van der Waals surface area contributed by atoms with Crippen LogP contribution in [0.5, 0.6) is 0 Å². The van der Waals surface area contributed by atoms with Gasteiger partial charge in [0.2, 0.25) is 0 Å². The monoisotopic (exact) mass is 383 g/mol. The lowest BCUT2D eigenvalue weighted by Gasteiger charge is -2.31. The van der Waals surface area contributed by atoms with E-state index in [1.807, 2.05) is 23.9 Å². The van der Waals surface area contributed by atoms with E-state index < -0.39 is 11.7 Å². The molecule has 148 valence electrons. The third kappa shape index (κ3) is 4.32. The average molecular weight is 383 g/mol. The molecule has 1 aliphatic rings. The quantitative estimate of drug-likeness (QED) is 0.868. The van der Waals surface area contributed by atoms with E-state index in [0.717, 1.165) is 31.6 Å². The molecule has 1 saturated heterocycles. The lowest BCUT2D eigenvalue weighted by molar-refractivity contribution is 0.0697. The minimum atomic E-state index is -0.580. The van der Waals surface area contributed by atoms with Gasteiger partial charge in [0, 0.05) is 38.6 Å². The zero-order valence-corrected chi connectivity index (χ0v) is 16.5. The van der Waals surface area contributed by atoms with Crippen molar-refractivity contribution in [2.24, 2.45) is 5.92 Å². The van der Waals surface area contributed by atoms with Crippen molar-refractivity contribution in [1.82, 2.24) is 4.90 Å². The number of hydrogen-bond acceptors (Lipinski definition) is 3. The Morgan fingerprint density at radius 1 is 1.07 bits per heavy atom. The molecule has 0 aromatic heterocycles. The maximum atomic E-state index is 13.9. The number of amides is 2. The summed E-state index contributed by atoms with van der Waals surface area (Å²) in [6, 6.07) is 11.0. The second-order valence-corrected chi connectivity index (χ2v) is 7.54. The van der Waals surface area contributed by atoms with Crippen LogP contribution in [0.2, 0.25) is 0 Å². The van der Waals surface area contributed by atoms with Crippen LogP contribution in [0, 0.1) is 11.7 Å². The molecule has 2 aromatic carbocycles. The van der Waals surface area contributed by atoms with Crippen molar-refractivity contribution < 1.29 is 14.0 Å². The second kappa shape index (κ2) is 8.42. The van der Waals surface area contributed by atoms with Gasteiger partial charge in [0.1, 0.15) is 5.82 Å². The average Bonchev–Trinajstić information content (AvgIpc) is 2.68. The molecule has 1 fully saturated rings. The molecule has 0 atom stereocenters. The van der Waals surface area contributed by atoms with Crippen LogP contribution in [-0.2, 0) is 0 Å². The second-order valence-electron chi connectivity index (χ2n) is 7.54. The Bertz CT molecular complexity index is 874. The molecule has 0 spiro atoms. The number of halogens is 1. The summed E-state index contributed by atoms with van der Waals surface area (Å²) >= 11 is 0. The number of likely N-dealkylation sites (tertiary alicyclic amines) is 1. The van der Waals surface area contributed by atoms with Gasteiger partial charge in [-0.3, -0.25) is 9.59 Å². The van der Waals surface area contributed by atoms with E-state index in [0.29, 0.717) is 17.2 Å². The fraction of sp³-hybridized carbons (Fsp3) is 0.364. The van der Waals surface area contributed by atoms with Crippen molar-refractivity contribution in [1.29, 1.82) is 0 Å². The first-order valence-corrected chi connectivity index (χ1v) is 9.53. The van der Waals surface area contributed by atoms with E-state index in [-0.39, 0.29) is 11.5 Å². The van der Waals surface area contributed by atoms with Crippen LogP contribution in [0.15, 0.2) is 42.5 Å². The van der Waals surface area contributed by atoms with Crippen molar-refractivity contribution in [2.45, 2.75) is 19.8 Å². The predicted octanol–water partition coefficient (Wildman–Crippen LogP) is 4.02. The number of benzene rings is 2. The van der Waals surface area contributed by atoms with E-state index in [1.54, 1.807) is 24.3 Å². The summed E-state index contributed by atoms with van der Waals surface area (Å²) in [6.07, 6.45) is 1.99. The molecule has 1 heterocycles. The highest BCUT2D eigenvalue weighted by molar-refractivity contribution is 6.06. The van der Waals surface area contributed by atoms with Crippen LogP contribution >= 0.6 is 0 Å². The highest BCUT2D eigenvalue weighted by atomic mass is 19.1. The molecule has 6 heteroatoms. The van der Waals surface area contributed by atoms with Gasteiger partial charge in [0.15, 0.2) is 0 Å². The Hall–Kier alpha value is -2.89. The van der Waals surface area contributed by atoms with Crippen LogP contribution in [0.25, 0.3) is 0 Å². The highest BCUT2D eigenvalue weighted by Gasteiger charge is 2.24. The maximum absolute atomic E-state index is 13.9. The van der Waals surface area contributed by atoms with Crippen LogP contribution in [0.1, 0.15) is 40.5 Å². The standard InChI is InChI=1S/C22H26FN3O2/c1-15-10-12-26(13-11-15)22(28)18-14-16(8-9-20(18)25(2)3)24-21(27)17-6-4-5-7-19(17)23/h4-9,14-15H,10-13H2,1-3H3,(H,24,27). The molecule has 5 nitrogen and oxygen atoms in total. The summed E-state index contributed by atoms with van der Waals surface area (Å²) in [5, 5.41) is 2.70. The zero-order chi connectivity index (χ0) is 20.3. The summed E-state index contributed by atoms with van der Waals surface area (Å²) < 4.78 is 13.9. The van der Waals surface area contributed by atoms with E-state index in [4.69, 9.17) is 0 Å². The zero-order valence-electron chi connectivity index (χ0n) is 16.5. The van der Waals surface area contributed by atoms with Crippen molar-refractivity contribution >= 4 is 23.2 Å². The van der Waals surface area contributed by atoms with Gasteiger partial charge in [-0.05, 0) is 49.1 Å². The molecule has 1 aliphatic heterocycles. The Morgan fingerprint density at radius 3 is 2.39 bits per heavy atom. The minimum absolute atomic E-state index is 0.0305. The first-order chi connectivity index (χ1) is 13.4. The fourth-order valence-electron chi connectivity index (χ4n) is 3.40. The van der Waals surface area contributed by atoms with E-state index in [2.05, 4.69) is 12.2 Å². The van der Waals surface area contributed by atoms with Crippen molar-refractivity contribution in [3.63, 3.8) is 0 Å². The number of nitrogens with zero attached hydrogens (tertiary/aromatic N) is 2. The van der Waals surface area contributed by atoms with E-state index in [9.17, 15) is 14.0 Å². The summed E-state index contributed by atoms with van der Waals surface area (Å²) in [7, 11) is 3.75. The molecule has 0 bridgehead atoms. The van der Waals surface area contributed by atoms with E-state index in [1.165, 1.54) is 18.2 Å². The fourth-order valence-corrected chi connectivity index (χ4v) is 3.40. The number of hydrogen-bond donors (Lipinski definition) is 1. The first-order valence-electron chi connectivity index (χ1n) is 9.53. The maximum Gasteiger partial charge on any atom is 0.258 e. The molecule has 28 heavy (non-hydrogen) atoms. The molecular formula is C22H26FN3O2. The topological polar surface area (TPSA) is 52.7 Å². The van der Waals surface area contributed by atoms with Gasteiger partial charge in [-0.1, -0.05) is 19.1 Å². The summed E-state index contributed by atoms with van der Waals surface area (Å²) in [6.45, 7) is 3.67. The SMILES string of the molecule is CC1CCN(C(=O)c2cc(NC(=O)c3ccccc3F)ccc2N(C)C)CC1. The van der Waals surface area contributed by atoms with Gasteiger partial charge in [0.05, 0.1) is 11.1 Å². The van der Waals surface area contributed by atoms with Crippen molar-refractivity contribution in [2.75, 3.05) is 37.4 Å². The Morgan fingerprint density at radius 2 is 1.75 bits per heavy atom. The van der Waals surface area contributed by atoms with Gasteiger partial charge in [-0.2, -0.15) is 0 Å². The largest absolute Gasteiger partial charge is 0.377 e. The van der Waals surface area contributed by atoms with Gasteiger partial charge in [0.25, 0.3) is 11.8 Å². The van der Waals surface area contributed by atoms with Crippen LogP contribution in [-0.4, -0.2) is 43.9 Å². The Balaban J connectivity index is 1.86. The number of piperidine rings is 1. The Labute approximate surface area is 165 Å². The molecule has 0 aliphatic carbocycles. The summed E-state index contributed by atoms with van der Waals surface area (Å²) in [5.74, 6) is -0.536. The van der Waals surface area contributed by atoms with Gasteiger partial charge in [-0.15, -0.1) is 0 Å². The predicted molar refractivity (Wildman–Crippen MR) is 109 cm³/mol. The smallest absolute Gasteiger partial charge is 0.258 e. The molecule has 2 aromatic rings. The molecule has 0 unspecified atom stereocenters. The molecule has 0 radical (unpaired) electrons. The molecule has 3 rings (SSSR count). The lowest BCUT2D eigenvalue weighted by atomic mass is 9.98. The number of anilines is 2. The minimum Gasteiger partial charge on any atom is -0.377 e. The normalized spacial score (nSPS) is 14.6. The van der Waals surface area contributed by atoms with Crippen LogP contribution < -0.4 is 10.2 Å². The summed E-state index contributed by atoms with van der Waals surface area (Å²) in [5.41, 5.74) is 1.75. The number of carbonyl (C=O) groups excluding carboxylic acids is 2.